The normalized spacial score (nSPS) is 13.9. The molecule has 0 aliphatic carbocycles. The van der Waals surface area contributed by atoms with Gasteiger partial charge < -0.3 is 19.6 Å². The number of rotatable bonds is 6. The Morgan fingerprint density at radius 2 is 1.82 bits per heavy atom. The maximum Gasteiger partial charge on any atom is 0.319 e. The van der Waals surface area contributed by atoms with E-state index in [1.165, 1.54) is 9.80 Å². The van der Waals surface area contributed by atoms with Crippen molar-refractivity contribution in [2.24, 2.45) is 5.92 Å². The first-order valence-electron chi connectivity index (χ1n) is 5.50. The van der Waals surface area contributed by atoms with E-state index in [0.717, 1.165) is 0 Å². The van der Waals surface area contributed by atoms with Crippen molar-refractivity contribution in [3.63, 3.8) is 0 Å². The summed E-state index contributed by atoms with van der Waals surface area (Å²) in [6.45, 7) is 4.09. The molecule has 2 unspecified atom stereocenters. The Bertz CT molecular complexity index is 270. The number of carboxylic acids is 1. The molecule has 2 amide bonds. The summed E-state index contributed by atoms with van der Waals surface area (Å²) in [7, 11) is 4.84. The van der Waals surface area contributed by atoms with Gasteiger partial charge in [0, 0.05) is 27.7 Å². The topological polar surface area (TPSA) is 70.1 Å². The maximum absolute atomic E-state index is 11.9. The number of nitrogens with zero attached hydrogens (tertiary/aromatic N) is 2. The largest absolute Gasteiger partial charge is 0.481 e. The van der Waals surface area contributed by atoms with Crippen molar-refractivity contribution < 1.29 is 19.4 Å². The van der Waals surface area contributed by atoms with E-state index in [1.54, 1.807) is 28.1 Å². The molecule has 0 rings (SSSR count). The van der Waals surface area contributed by atoms with Gasteiger partial charge in [-0.25, -0.2) is 4.79 Å². The average Bonchev–Trinajstić information content (AvgIpc) is 2.26. The highest BCUT2D eigenvalue weighted by atomic mass is 16.5. The predicted octanol–water partition coefficient (Wildman–Crippen LogP) is 0.726. The van der Waals surface area contributed by atoms with Crippen molar-refractivity contribution in [3.05, 3.63) is 0 Å². The molecule has 0 saturated carbocycles. The van der Waals surface area contributed by atoms with E-state index < -0.39 is 11.9 Å². The highest BCUT2D eigenvalue weighted by molar-refractivity contribution is 5.75. The molecule has 0 fully saturated rings. The lowest BCUT2D eigenvalue weighted by molar-refractivity contribution is -0.141. The fourth-order valence-corrected chi connectivity index (χ4v) is 1.38. The molecule has 0 aromatic heterocycles. The molecule has 100 valence electrons. The number of hydrogen-bond acceptors (Lipinski definition) is 3. The van der Waals surface area contributed by atoms with Crippen molar-refractivity contribution in [1.82, 2.24) is 9.80 Å². The van der Waals surface area contributed by atoms with Crippen LogP contribution >= 0.6 is 0 Å². The van der Waals surface area contributed by atoms with E-state index in [2.05, 4.69) is 0 Å². The molecule has 0 aliphatic rings. The predicted molar refractivity (Wildman–Crippen MR) is 63.9 cm³/mol. The minimum absolute atomic E-state index is 0.0462. The third-order valence-electron chi connectivity index (χ3n) is 2.67. The van der Waals surface area contributed by atoms with Crippen LogP contribution in [0.3, 0.4) is 0 Å². The van der Waals surface area contributed by atoms with Crippen LogP contribution in [0, 0.1) is 5.92 Å². The summed E-state index contributed by atoms with van der Waals surface area (Å²) in [5.74, 6) is -1.48. The number of urea groups is 1. The second-order valence-corrected chi connectivity index (χ2v) is 4.32. The second-order valence-electron chi connectivity index (χ2n) is 4.32. The quantitative estimate of drug-likeness (QED) is 0.750. The van der Waals surface area contributed by atoms with Crippen molar-refractivity contribution in [3.8, 4) is 0 Å². The van der Waals surface area contributed by atoms with E-state index >= 15 is 0 Å². The van der Waals surface area contributed by atoms with Crippen LogP contribution in [-0.2, 0) is 9.53 Å². The van der Waals surface area contributed by atoms with Gasteiger partial charge in [0.05, 0.1) is 18.6 Å². The lowest BCUT2D eigenvalue weighted by Crippen LogP contribution is -2.46. The van der Waals surface area contributed by atoms with E-state index in [0.29, 0.717) is 6.61 Å². The fourth-order valence-electron chi connectivity index (χ4n) is 1.38. The van der Waals surface area contributed by atoms with Crippen molar-refractivity contribution in [2.45, 2.75) is 19.9 Å². The number of carbonyl (C=O) groups excluding carboxylic acids is 1. The van der Waals surface area contributed by atoms with Crippen LogP contribution in [0.5, 0.6) is 0 Å². The Kier molecular flexibility index (Phi) is 6.57. The van der Waals surface area contributed by atoms with Gasteiger partial charge in [-0.3, -0.25) is 4.79 Å². The first kappa shape index (κ1) is 15.7. The van der Waals surface area contributed by atoms with Gasteiger partial charge >= 0.3 is 12.0 Å². The van der Waals surface area contributed by atoms with E-state index in [9.17, 15) is 9.59 Å². The molecule has 0 spiro atoms. The van der Waals surface area contributed by atoms with E-state index in [1.807, 2.05) is 6.92 Å². The van der Waals surface area contributed by atoms with Gasteiger partial charge in [-0.1, -0.05) is 6.92 Å². The standard InChI is InChI=1S/C11H22N2O4/c1-8(10(14)15)6-12(3)11(16)13(4)9(2)7-17-5/h8-9H,6-7H2,1-5H3,(H,14,15). The lowest BCUT2D eigenvalue weighted by Gasteiger charge is -2.30. The first-order valence-corrected chi connectivity index (χ1v) is 5.50. The number of hydrogen-bond donors (Lipinski definition) is 1. The fraction of sp³-hybridized carbons (Fsp3) is 0.818. The first-order chi connectivity index (χ1) is 7.81. The average molecular weight is 246 g/mol. The molecule has 2 atom stereocenters. The van der Waals surface area contributed by atoms with Crippen LogP contribution in [0.2, 0.25) is 0 Å². The van der Waals surface area contributed by atoms with Gasteiger partial charge in [-0.05, 0) is 6.92 Å². The smallest absolute Gasteiger partial charge is 0.319 e. The molecule has 6 heteroatoms. The Labute approximate surface area is 102 Å². The molecule has 0 saturated heterocycles. The Morgan fingerprint density at radius 3 is 2.24 bits per heavy atom. The molecule has 0 aliphatic heterocycles. The van der Waals surface area contributed by atoms with Crippen LogP contribution in [-0.4, -0.2) is 67.3 Å². The van der Waals surface area contributed by atoms with Gasteiger partial charge in [-0.15, -0.1) is 0 Å². The zero-order chi connectivity index (χ0) is 13.6. The van der Waals surface area contributed by atoms with Crippen LogP contribution in [0.4, 0.5) is 4.79 Å². The highest BCUT2D eigenvalue weighted by Crippen LogP contribution is 2.04. The molecular weight excluding hydrogens is 224 g/mol. The maximum atomic E-state index is 11.9. The minimum atomic E-state index is -0.905. The van der Waals surface area contributed by atoms with Crippen molar-refractivity contribution in [2.75, 3.05) is 34.4 Å². The summed E-state index contributed by atoms with van der Waals surface area (Å²) in [6, 6.07) is -0.252. The van der Waals surface area contributed by atoms with Crippen LogP contribution in [0.25, 0.3) is 0 Å². The zero-order valence-electron chi connectivity index (χ0n) is 11.1. The number of carboxylic acid groups (broad SMARTS) is 1. The van der Waals surface area contributed by atoms with E-state index in [-0.39, 0.29) is 18.6 Å². The molecule has 0 radical (unpaired) electrons. The van der Waals surface area contributed by atoms with E-state index in [4.69, 9.17) is 9.84 Å². The molecule has 6 nitrogen and oxygen atoms in total. The van der Waals surface area contributed by atoms with Crippen LogP contribution < -0.4 is 0 Å². The second kappa shape index (κ2) is 7.11. The monoisotopic (exact) mass is 246 g/mol. The summed E-state index contributed by atoms with van der Waals surface area (Å²) in [5, 5.41) is 8.77. The van der Waals surface area contributed by atoms with Gasteiger partial charge in [0.2, 0.25) is 0 Å². The Balaban J connectivity index is 4.34. The SMILES string of the molecule is COCC(C)N(C)C(=O)N(C)CC(C)C(=O)O. The van der Waals surface area contributed by atoms with Crippen LogP contribution in [0.15, 0.2) is 0 Å². The zero-order valence-corrected chi connectivity index (χ0v) is 11.1. The number of aliphatic carboxylic acids is 1. The molecular formula is C11H22N2O4. The summed E-state index contributed by atoms with van der Waals surface area (Å²) in [4.78, 5) is 25.6. The van der Waals surface area contributed by atoms with Gasteiger partial charge in [0.15, 0.2) is 0 Å². The van der Waals surface area contributed by atoms with Gasteiger partial charge in [0.25, 0.3) is 0 Å². The third kappa shape index (κ3) is 5.04. The lowest BCUT2D eigenvalue weighted by atomic mass is 10.2. The van der Waals surface area contributed by atoms with Crippen molar-refractivity contribution in [1.29, 1.82) is 0 Å². The van der Waals surface area contributed by atoms with Gasteiger partial charge in [0.1, 0.15) is 0 Å². The molecule has 17 heavy (non-hydrogen) atoms. The minimum Gasteiger partial charge on any atom is -0.481 e. The summed E-state index contributed by atoms with van der Waals surface area (Å²) in [6.07, 6.45) is 0. The molecule has 0 heterocycles. The Hall–Kier alpha value is -1.30. The molecule has 0 bridgehead atoms. The molecule has 1 N–H and O–H groups in total. The van der Waals surface area contributed by atoms with Crippen molar-refractivity contribution >= 4 is 12.0 Å². The number of carbonyl (C=O) groups is 2. The highest BCUT2D eigenvalue weighted by Gasteiger charge is 2.22. The van der Waals surface area contributed by atoms with Crippen LogP contribution in [0.1, 0.15) is 13.8 Å². The van der Waals surface area contributed by atoms with Gasteiger partial charge in [-0.2, -0.15) is 0 Å². The number of likely N-dealkylation sites (N-methyl/N-ethyl adjacent to an activating group) is 1. The summed E-state index contributed by atoms with van der Waals surface area (Å²) >= 11 is 0. The number of ether oxygens (including phenoxy) is 1. The third-order valence-corrected chi connectivity index (χ3v) is 2.67. The number of amides is 2. The summed E-state index contributed by atoms with van der Waals surface area (Å²) < 4.78 is 4.97. The Morgan fingerprint density at radius 1 is 1.29 bits per heavy atom. The summed E-state index contributed by atoms with van der Waals surface area (Å²) in [5.41, 5.74) is 0. The number of methoxy groups -OCH3 is 1. The molecule has 0 aromatic carbocycles. The molecule has 0 aromatic rings.